The zero-order valence-electron chi connectivity index (χ0n) is 12.9. The molecule has 0 bridgehead atoms. The molecule has 0 aliphatic rings. The number of nitrogens with zero attached hydrogens (tertiary/aromatic N) is 2. The predicted octanol–water partition coefficient (Wildman–Crippen LogP) is 3.51. The molecule has 3 rings (SSSR count). The summed E-state index contributed by atoms with van der Waals surface area (Å²) in [7, 11) is -3.60. The Balaban J connectivity index is 1.68. The molecule has 0 amide bonds. The lowest BCUT2D eigenvalue weighted by molar-refractivity contribution is 0.603. The lowest BCUT2D eigenvalue weighted by atomic mass is 10.1. The van der Waals surface area contributed by atoms with Crippen LogP contribution >= 0.6 is 11.3 Å². The molecule has 0 radical (unpaired) electrons. The van der Waals surface area contributed by atoms with E-state index in [2.05, 4.69) is 20.2 Å². The SMILES string of the molecule is CC(Nc1ccc(NS(=O)(=O)c2cccs2)nn1)c1ccccc1. The van der Waals surface area contributed by atoms with Crippen LogP contribution in [0.15, 0.2) is 64.2 Å². The number of hydrogen-bond acceptors (Lipinski definition) is 6. The van der Waals surface area contributed by atoms with Gasteiger partial charge in [0.05, 0.1) is 0 Å². The number of thiophene rings is 1. The molecule has 0 aliphatic heterocycles. The maximum atomic E-state index is 12.1. The van der Waals surface area contributed by atoms with E-state index in [1.165, 1.54) is 6.07 Å². The minimum atomic E-state index is -3.60. The van der Waals surface area contributed by atoms with E-state index in [9.17, 15) is 8.42 Å². The number of anilines is 2. The van der Waals surface area contributed by atoms with Gasteiger partial charge in [0.2, 0.25) is 0 Å². The summed E-state index contributed by atoms with van der Waals surface area (Å²) >= 11 is 1.15. The van der Waals surface area contributed by atoms with Crippen LogP contribution in [0.1, 0.15) is 18.5 Å². The van der Waals surface area contributed by atoms with Crippen LogP contribution < -0.4 is 10.0 Å². The topological polar surface area (TPSA) is 84.0 Å². The zero-order valence-corrected chi connectivity index (χ0v) is 14.5. The van der Waals surface area contributed by atoms with Crippen LogP contribution in [0.4, 0.5) is 11.6 Å². The second-order valence-corrected chi connectivity index (χ2v) is 7.98. The van der Waals surface area contributed by atoms with Crippen molar-refractivity contribution >= 4 is 33.0 Å². The second kappa shape index (κ2) is 6.98. The quantitative estimate of drug-likeness (QED) is 0.703. The molecular formula is C16H16N4O2S2. The lowest BCUT2D eigenvalue weighted by Crippen LogP contribution is -2.14. The van der Waals surface area contributed by atoms with Gasteiger partial charge < -0.3 is 5.32 Å². The minimum absolute atomic E-state index is 0.0640. The molecule has 0 spiro atoms. The summed E-state index contributed by atoms with van der Waals surface area (Å²) in [5.41, 5.74) is 1.13. The minimum Gasteiger partial charge on any atom is -0.362 e. The molecule has 3 aromatic rings. The molecule has 1 atom stereocenters. The number of benzene rings is 1. The fraction of sp³-hybridized carbons (Fsp3) is 0.125. The number of rotatable bonds is 6. The fourth-order valence-electron chi connectivity index (χ4n) is 2.11. The molecule has 1 aromatic carbocycles. The molecule has 0 aliphatic carbocycles. The van der Waals surface area contributed by atoms with Gasteiger partial charge in [-0.15, -0.1) is 21.5 Å². The molecule has 0 saturated carbocycles. The Morgan fingerprint density at radius 2 is 1.67 bits per heavy atom. The van der Waals surface area contributed by atoms with Gasteiger partial charge in [0.1, 0.15) is 10.0 Å². The molecule has 2 heterocycles. The van der Waals surface area contributed by atoms with Crippen LogP contribution in [0.5, 0.6) is 0 Å². The average Bonchev–Trinajstić information content (AvgIpc) is 3.13. The predicted molar refractivity (Wildman–Crippen MR) is 95.6 cm³/mol. The van der Waals surface area contributed by atoms with E-state index in [-0.39, 0.29) is 16.1 Å². The van der Waals surface area contributed by atoms with Crippen LogP contribution in [-0.4, -0.2) is 18.6 Å². The van der Waals surface area contributed by atoms with Crippen LogP contribution in [0.2, 0.25) is 0 Å². The van der Waals surface area contributed by atoms with Crippen molar-refractivity contribution in [3.8, 4) is 0 Å². The van der Waals surface area contributed by atoms with Gasteiger partial charge in [0.15, 0.2) is 5.82 Å². The van der Waals surface area contributed by atoms with E-state index >= 15 is 0 Å². The number of sulfonamides is 1. The van der Waals surface area contributed by atoms with Crippen molar-refractivity contribution in [3.05, 3.63) is 65.5 Å². The molecule has 124 valence electrons. The third-order valence-electron chi connectivity index (χ3n) is 3.33. The van der Waals surface area contributed by atoms with E-state index < -0.39 is 10.0 Å². The van der Waals surface area contributed by atoms with E-state index in [4.69, 9.17) is 0 Å². The van der Waals surface area contributed by atoms with Gasteiger partial charge in [0.25, 0.3) is 10.0 Å². The van der Waals surface area contributed by atoms with Gasteiger partial charge >= 0.3 is 0 Å². The third kappa shape index (κ3) is 3.90. The molecule has 0 saturated heterocycles. The lowest BCUT2D eigenvalue weighted by Gasteiger charge is -2.14. The summed E-state index contributed by atoms with van der Waals surface area (Å²) in [5, 5.41) is 12.9. The Hall–Kier alpha value is -2.45. The molecule has 24 heavy (non-hydrogen) atoms. The Bertz CT molecular complexity index is 880. The highest BCUT2D eigenvalue weighted by atomic mass is 32.2. The first-order valence-electron chi connectivity index (χ1n) is 7.26. The highest BCUT2D eigenvalue weighted by Crippen LogP contribution is 2.20. The highest BCUT2D eigenvalue weighted by molar-refractivity contribution is 7.94. The Morgan fingerprint density at radius 3 is 2.29 bits per heavy atom. The van der Waals surface area contributed by atoms with Gasteiger partial charge in [0, 0.05) is 6.04 Å². The summed E-state index contributed by atoms with van der Waals surface area (Å²) in [6, 6.07) is 16.5. The molecule has 0 fully saturated rings. The Kier molecular flexibility index (Phi) is 4.77. The first-order chi connectivity index (χ1) is 11.5. The maximum absolute atomic E-state index is 12.1. The summed E-state index contributed by atoms with van der Waals surface area (Å²) < 4.78 is 26.9. The van der Waals surface area contributed by atoms with Gasteiger partial charge in [-0.3, -0.25) is 4.72 Å². The van der Waals surface area contributed by atoms with Crippen molar-refractivity contribution in [1.82, 2.24) is 10.2 Å². The highest BCUT2D eigenvalue weighted by Gasteiger charge is 2.16. The number of nitrogens with one attached hydrogen (secondary N) is 2. The molecule has 1 unspecified atom stereocenters. The van der Waals surface area contributed by atoms with Crippen LogP contribution in [0.3, 0.4) is 0 Å². The largest absolute Gasteiger partial charge is 0.362 e. The van der Waals surface area contributed by atoms with E-state index in [1.807, 2.05) is 37.3 Å². The summed E-state index contributed by atoms with van der Waals surface area (Å²) in [4.78, 5) is 0. The molecule has 2 N–H and O–H groups in total. The molecular weight excluding hydrogens is 344 g/mol. The number of hydrogen-bond donors (Lipinski definition) is 2. The standard InChI is InChI=1S/C16H16N4O2S2/c1-12(13-6-3-2-4-7-13)17-14-9-10-15(19-18-14)20-24(21,22)16-8-5-11-23-16/h2-12H,1H3,(H,17,18)(H,19,20). The van der Waals surface area contributed by atoms with Crippen molar-refractivity contribution in [2.75, 3.05) is 10.0 Å². The van der Waals surface area contributed by atoms with Crippen molar-refractivity contribution in [3.63, 3.8) is 0 Å². The normalized spacial score (nSPS) is 12.5. The van der Waals surface area contributed by atoms with Crippen LogP contribution in [0.25, 0.3) is 0 Å². The van der Waals surface area contributed by atoms with Crippen LogP contribution in [0, 0.1) is 0 Å². The molecule has 2 aromatic heterocycles. The first kappa shape index (κ1) is 16.4. The molecule has 8 heteroatoms. The summed E-state index contributed by atoms with van der Waals surface area (Å²) in [5.74, 6) is 0.756. The van der Waals surface area contributed by atoms with Gasteiger partial charge in [-0.1, -0.05) is 36.4 Å². The summed E-state index contributed by atoms with van der Waals surface area (Å²) in [6.07, 6.45) is 0. The van der Waals surface area contributed by atoms with E-state index in [1.54, 1.807) is 23.6 Å². The Morgan fingerprint density at radius 1 is 0.958 bits per heavy atom. The average molecular weight is 360 g/mol. The van der Waals surface area contributed by atoms with Crippen molar-refractivity contribution in [2.45, 2.75) is 17.2 Å². The number of aromatic nitrogens is 2. The maximum Gasteiger partial charge on any atom is 0.272 e. The smallest absolute Gasteiger partial charge is 0.272 e. The van der Waals surface area contributed by atoms with Gasteiger partial charge in [-0.05, 0) is 36.1 Å². The van der Waals surface area contributed by atoms with E-state index in [0.717, 1.165) is 16.9 Å². The van der Waals surface area contributed by atoms with Crippen molar-refractivity contribution in [2.24, 2.45) is 0 Å². The van der Waals surface area contributed by atoms with Gasteiger partial charge in [-0.25, -0.2) is 8.42 Å². The fourth-order valence-corrected chi connectivity index (χ4v) is 4.10. The first-order valence-corrected chi connectivity index (χ1v) is 9.62. The molecule has 6 nitrogen and oxygen atoms in total. The monoisotopic (exact) mass is 360 g/mol. The zero-order chi connectivity index (χ0) is 17.0. The third-order valence-corrected chi connectivity index (χ3v) is 6.08. The van der Waals surface area contributed by atoms with Gasteiger partial charge in [-0.2, -0.15) is 0 Å². The summed E-state index contributed by atoms with van der Waals surface area (Å²) in [6.45, 7) is 2.02. The Labute approximate surface area is 144 Å². The second-order valence-electron chi connectivity index (χ2n) is 5.12. The van der Waals surface area contributed by atoms with Crippen molar-refractivity contribution < 1.29 is 8.42 Å². The van der Waals surface area contributed by atoms with Crippen LogP contribution in [-0.2, 0) is 10.0 Å². The van der Waals surface area contributed by atoms with E-state index in [0.29, 0.717) is 5.82 Å². The van der Waals surface area contributed by atoms with Crippen molar-refractivity contribution in [1.29, 1.82) is 0 Å².